The van der Waals surface area contributed by atoms with Gasteiger partial charge in [-0.3, -0.25) is 10.00 Å². The zero-order chi connectivity index (χ0) is 23.6. The monoisotopic (exact) mass is 488 g/mol. The van der Waals surface area contributed by atoms with Gasteiger partial charge in [0, 0.05) is 36.1 Å². The third-order valence-corrected chi connectivity index (χ3v) is 9.20. The predicted octanol–water partition coefficient (Wildman–Crippen LogP) is 3.56. The van der Waals surface area contributed by atoms with Crippen molar-refractivity contribution >= 4 is 27.3 Å². The molecular weight excluding hydrogens is 460 g/mol. The normalized spacial score (nSPS) is 15.2. The number of hydrogen-bond donors (Lipinski definition) is 2. The van der Waals surface area contributed by atoms with Crippen molar-refractivity contribution in [2.24, 2.45) is 0 Å². The van der Waals surface area contributed by atoms with Gasteiger partial charge in [-0.1, -0.05) is 37.3 Å². The summed E-state index contributed by atoms with van der Waals surface area (Å²) >= 11 is 1.17. The van der Waals surface area contributed by atoms with Gasteiger partial charge in [0.15, 0.2) is 0 Å². The van der Waals surface area contributed by atoms with Crippen LogP contribution in [-0.4, -0.2) is 49.2 Å². The van der Waals surface area contributed by atoms with Crippen LogP contribution in [0.25, 0.3) is 11.3 Å². The zero-order valence-electron chi connectivity index (χ0n) is 18.9. The fourth-order valence-corrected chi connectivity index (χ4v) is 7.26. The number of rotatable bonds is 8. The first-order valence-corrected chi connectivity index (χ1v) is 13.2. The summed E-state index contributed by atoms with van der Waals surface area (Å²) in [6.45, 7) is 5.64. The molecule has 1 aliphatic rings. The van der Waals surface area contributed by atoms with Crippen molar-refractivity contribution in [2.45, 2.75) is 50.0 Å². The molecule has 2 aromatic heterocycles. The summed E-state index contributed by atoms with van der Waals surface area (Å²) in [5, 5.41) is 7.32. The van der Waals surface area contributed by atoms with Gasteiger partial charge in [-0.15, -0.1) is 11.3 Å². The molecule has 0 radical (unpaired) electrons. The van der Waals surface area contributed by atoms with E-state index in [2.05, 4.69) is 19.8 Å². The highest BCUT2D eigenvalue weighted by Crippen LogP contribution is 2.37. The maximum Gasteiger partial charge on any atom is 0.340 e. The predicted molar refractivity (Wildman–Crippen MR) is 128 cm³/mol. The van der Waals surface area contributed by atoms with Crippen molar-refractivity contribution in [2.75, 3.05) is 13.7 Å². The van der Waals surface area contributed by atoms with E-state index < -0.39 is 16.0 Å². The quantitative estimate of drug-likeness (QED) is 0.470. The molecule has 8 nitrogen and oxygen atoms in total. The smallest absolute Gasteiger partial charge is 0.340 e. The fourth-order valence-electron chi connectivity index (χ4n) is 3.99. The Labute approximate surface area is 198 Å². The maximum atomic E-state index is 13.1. The number of sulfonamides is 1. The van der Waals surface area contributed by atoms with Crippen molar-refractivity contribution in [3.05, 3.63) is 58.1 Å². The van der Waals surface area contributed by atoms with Crippen molar-refractivity contribution in [3.63, 3.8) is 0 Å². The van der Waals surface area contributed by atoms with Crippen LogP contribution in [0, 0.1) is 0 Å². The number of carbonyl (C=O) groups is 1. The van der Waals surface area contributed by atoms with Crippen LogP contribution in [0.5, 0.6) is 0 Å². The summed E-state index contributed by atoms with van der Waals surface area (Å²) in [4.78, 5) is 15.7. The third-order valence-electron chi connectivity index (χ3n) is 5.88. The van der Waals surface area contributed by atoms with Gasteiger partial charge in [0.2, 0.25) is 0 Å². The fraction of sp³-hybridized carbons (Fsp3) is 0.391. The number of hydrogen-bond acceptors (Lipinski definition) is 7. The minimum absolute atomic E-state index is 0.0507. The molecule has 1 aromatic carbocycles. The van der Waals surface area contributed by atoms with Crippen LogP contribution >= 0.6 is 11.3 Å². The van der Waals surface area contributed by atoms with E-state index in [0.29, 0.717) is 32.5 Å². The molecule has 4 rings (SSSR count). The minimum atomic E-state index is -3.83. The lowest BCUT2D eigenvalue weighted by Gasteiger charge is -2.27. The topological polar surface area (TPSA) is 104 Å². The number of H-pyrrole nitrogens is 1. The Balaban J connectivity index is 1.62. The lowest BCUT2D eigenvalue weighted by Crippen LogP contribution is -2.32. The van der Waals surface area contributed by atoms with Gasteiger partial charge in [-0.2, -0.15) is 5.10 Å². The molecule has 0 amide bonds. The van der Waals surface area contributed by atoms with Crippen molar-refractivity contribution < 1.29 is 17.9 Å². The first-order chi connectivity index (χ1) is 15.8. The number of aromatic amines is 1. The molecule has 2 N–H and O–H groups in total. The molecule has 1 atom stereocenters. The molecule has 33 heavy (non-hydrogen) atoms. The Bertz CT molecular complexity index is 1230. The largest absolute Gasteiger partial charge is 0.465 e. The van der Waals surface area contributed by atoms with E-state index >= 15 is 0 Å². The first-order valence-electron chi connectivity index (χ1n) is 10.9. The molecule has 0 saturated heterocycles. The highest BCUT2D eigenvalue weighted by molar-refractivity contribution is 7.91. The molecule has 0 aliphatic carbocycles. The SMILES string of the molecule is CCC(C)NS(=O)(=O)c1sc2c(c1C(=O)OC)CCN(Cc1cn[nH]c1-c1ccccc1)C2. The number of aromatic nitrogens is 2. The molecule has 10 heteroatoms. The molecule has 3 aromatic rings. The Kier molecular flexibility index (Phi) is 6.99. The Morgan fingerprint density at radius 2 is 2.09 bits per heavy atom. The summed E-state index contributed by atoms with van der Waals surface area (Å²) in [6.07, 6.45) is 3.06. The summed E-state index contributed by atoms with van der Waals surface area (Å²) < 4.78 is 33.8. The molecule has 0 saturated carbocycles. The first kappa shape index (κ1) is 23.6. The van der Waals surface area contributed by atoms with Gasteiger partial charge in [0.05, 0.1) is 24.6 Å². The number of benzene rings is 1. The molecule has 1 aliphatic heterocycles. The van der Waals surface area contributed by atoms with Crippen LogP contribution in [0.3, 0.4) is 0 Å². The molecular formula is C23H28N4O4S2. The van der Waals surface area contributed by atoms with Crippen LogP contribution in [0.15, 0.2) is 40.7 Å². The van der Waals surface area contributed by atoms with Crippen LogP contribution in [0.2, 0.25) is 0 Å². The molecule has 3 heterocycles. The van der Waals surface area contributed by atoms with Crippen molar-refractivity contribution in [1.82, 2.24) is 19.8 Å². The van der Waals surface area contributed by atoms with Crippen LogP contribution in [0.4, 0.5) is 0 Å². The van der Waals surface area contributed by atoms with Crippen LogP contribution in [-0.2, 0) is 34.3 Å². The van der Waals surface area contributed by atoms with Crippen LogP contribution < -0.4 is 4.72 Å². The van der Waals surface area contributed by atoms with E-state index in [-0.39, 0.29) is 15.8 Å². The maximum absolute atomic E-state index is 13.1. The number of carbonyl (C=O) groups excluding carboxylic acids is 1. The lowest BCUT2D eigenvalue weighted by molar-refractivity contribution is 0.0595. The Morgan fingerprint density at radius 3 is 2.79 bits per heavy atom. The van der Waals surface area contributed by atoms with Crippen molar-refractivity contribution in [1.29, 1.82) is 0 Å². The van der Waals surface area contributed by atoms with E-state index in [4.69, 9.17) is 4.74 Å². The third kappa shape index (κ3) is 4.89. The van der Waals surface area contributed by atoms with Gasteiger partial charge < -0.3 is 4.74 Å². The number of nitrogens with zero attached hydrogens (tertiary/aromatic N) is 2. The lowest BCUT2D eigenvalue weighted by atomic mass is 10.0. The van der Waals surface area contributed by atoms with Gasteiger partial charge in [-0.05, 0) is 30.9 Å². The second-order valence-electron chi connectivity index (χ2n) is 8.19. The highest BCUT2D eigenvalue weighted by Gasteiger charge is 2.34. The number of esters is 1. The number of nitrogens with one attached hydrogen (secondary N) is 2. The summed E-state index contributed by atoms with van der Waals surface area (Å²) in [6, 6.07) is 9.80. The zero-order valence-corrected chi connectivity index (χ0v) is 20.6. The summed E-state index contributed by atoms with van der Waals surface area (Å²) in [7, 11) is -2.55. The Hall–Kier alpha value is -2.53. The molecule has 176 valence electrons. The Morgan fingerprint density at radius 1 is 1.33 bits per heavy atom. The van der Waals surface area contributed by atoms with Gasteiger partial charge >= 0.3 is 5.97 Å². The van der Waals surface area contributed by atoms with E-state index in [1.165, 1.54) is 18.4 Å². The van der Waals surface area contributed by atoms with E-state index in [1.807, 2.05) is 43.5 Å². The minimum Gasteiger partial charge on any atom is -0.465 e. The van der Waals surface area contributed by atoms with E-state index in [1.54, 1.807) is 6.92 Å². The summed E-state index contributed by atoms with van der Waals surface area (Å²) in [5.41, 5.74) is 4.07. The van der Waals surface area contributed by atoms with E-state index in [9.17, 15) is 13.2 Å². The molecule has 1 unspecified atom stereocenters. The summed E-state index contributed by atoms with van der Waals surface area (Å²) in [5.74, 6) is -0.605. The average molecular weight is 489 g/mol. The van der Waals surface area contributed by atoms with Crippen molar-refractivity contribution in [3.8, 4) is 11.3 Å². The average Bonchev–Trinajstić information content (AvgIpc) is 3.43. The van der Waals surface area contributed by atoms with Gasteiger partial charge in [0.1, 0.15) is 4.21 Å². The van der Waals surface area contributed by atoms with E-state index in [0.717, 1.165) is 27.3 Å². The molecule has 0 fully saturated rings. The molecule has 0 spiro atoms. The second kappa shape index (κ2) is 9.76. The second-order valence-corrected chi connectivity index (χ2v) is 11.2. The van der Waals surface area contributed by atoms with Gasteiger partial charge in [-0.25, -0.2) is 17.9 Å². The highest BCUT2D eigenvalue weighted by atomic mass is 32.2. The molecule has 0 bridgehead atoms. The standard InChI is InChI=1S/C23H28N4O4S2/c1-4-15(2)26-33(29,30)23-20(22(28)31-3)18-10-11-27(14-19(18)32-23)13-17-12-24-25-21(17)16-8-6-5-7-9-16/h5-9,12,15,26H,4,10-11,13-14H2,1-3H3,(H,24,25). The van der Waals surface area contributed by atoms with Gasteiger partial charge in [0.25, 0.3) is 10.0 Å². The van der Waals surface area contributed by atoms with Crippen LogP contribution in [0.1, 0.15) is 46.6 Å². The number of thiophene rings is 1. The number of ether oxygens (including phenoxy) is 1. The number of fused-ring (bicyclic) bond motifs is 1. The number of methoxy groups -OCH3 is 1.